The molecule has 2 aromatic rings. The number of nitrogens with zero attached hydrogens (tertiary/aromatic N) is 1. The molecule has 0 aliphatic rings. The van der Waals surface area contributed by atoms with Gasteiger partial charge < -0.3 is 5.11 Å². The number of rotatable bonds is 1. The highest BCUT2D eigenvalue weighted by Gasteiger charge is 2.12. The van der Waals surface area contributed by atoms with E-state index in [0.717, 1.165) is 6.07 Å². The van der Waals surface area contributed by atoms with Crippen molar-refractivity contribution >= 4 is 23.2 Å². The van der Waals surface area contributed by atoms with Crippen LogP contribution in [0.3, 0.4) is 0 Å². The van der Waals surface area contributed by atoms with Gasteiger partial charge in [0.15, 0.2) is 0 Å². The van der Waals surface area contributed by atoms with Crippen LogP contribution in [-0.4, -0.2) is 9.67 Å². The zero-order valence-corrected chi connectivity index (χ0v) is 10.5. The van der Waals surface area contributed by atoms with E-state index < -0.39 is 0 Å². The van der Waals surface area contributed by atoms with E-state index in [1.165, 1.54) is 10.6 Å². The van der Waals surface area contributed by atoms with Crippen LogP contribution in [0.5, 0.6) is 5.75 Å². The Labute approximate surface area is 108 Å². The molecule has 3 nitrogen and oxygen atoms in total. The molecule has 0 bridgehead atoms. The second kappa shape index (κ2) is 4.43. The molecule has 17 heavy (non-hydrogen) atoms. The number of benzene rings is 1. The lowest BCUT2D eigenvalue weighted by Crippen LogP contribution is -2.19. The summed E-state index contributed by atoms with van der Waals surface area (Å²) < 4.78 is 1.37. The molecule has 1 aromatic carbocycles. The van der Waals surface area contributed by atoms with Gasteiger partial charge in [-0.25, -0.2) is 0 Å². The third-order valence-corrected chi connectivity index (χ3v) is 2.97. The molecule has 1 N–H and O–H groups in total. The monoisotopic (exact) mass is 269 g/mol. The molecule has 0 spiro atoms. The van der Waals surface area contributed by atoms with Gasteiger partial charge in [0.1, 0.15) is 5.75 Å². The molecule has 0 unspecified atom stereocenters. The Morgan fingerprint density at radius 1 is 1.18 bits per heavy atom. The van der Waals surface area contributed by atoms with Gasteiger partial charge in [-0.1, -0.05) is 29.3 Å². The van der Waals surface area contributed by atoms with E-state index in [2.05, 4.69) is 0 Å². The Morgan fingerprint density at radius 2 is 1.76 bits per heavy atom. The van der Waals surface area contributed by atoms with Crippen molar-refractivity contribution < 1.29 is 5.11 Å². The topological polar surface area (TPSA) is 42.2 Å². The Hall–Kier alpha value is -1.45. The number of pyridine rings is 1. The summed E-state index contributed by atoms with van der Waals surface area (Å²) in [5, 5.41) is 10.1. The van der Waals surface area contributed by atoms with Crippen molar-refractivity contribution in [2.24, 2.45) is 0 Å². The van der Waals surface area contributed by atoms with Crippen LogP contribution in [0.4, 0.5) is 0 Å². The van der Waals surface area contributed by atoms with Crippen molar-refractivity contribution in [2.75, 3.05) is 0 Å². The fourth-order valence-electron chi connectivity index (χ4n) is 1.67. The van der Waals surface area contributed by atoms with Gasteiger partial charge in [-0.3, -0.25) is 9.36 Å². The standard InChI is InChI=1S/C12H9Cl2NO2/c1-7-5-8(16)6-11(17)15(7)12-9(13)3-2-4-10(12)14/h2-6,16H,1H3. The molecule has 5 heteroatoms. The molecule has 2 rings (SSSR count). The highest BCUT2D eigenvalue weighted by molar-refractivity contribution is 6.37. The zero-order valence-electron chi connectivity index (χ0n) is 8.95. The third-order valence-electron chi connectivity index (χ3n) is 2.36. The Bertz CT molecular complexity index is 615. The number of hydrogen-bond acceptors (Lipinski definition) is 2. The van der Waals surface area contributed by atoms with Gasteiger partial charge in [0.05, 0.1) is 15.7 Å². The van der Waals surface area contributed by atoms with E-state index in [0.29, 0.717) is 21.4 Å². The van der Waals surface area contributed by atoms with E-state index in [1.807, 2.05) is 0 Å². The van der Waals surface area contributed by atoms with Gasteiger partial charge >= 0.3 is 0 Å². The quantitative estimate of drug-likeness (QED) is 0.864. The summed E-state index contributed by atoms with van der Waals surface area (Å²) in [5.41, 5.74) is 0.612. The molecule has 0 aliphatic heterocycles. The molecule has 1 aromatic heterocycles. The van der Waals surface area contributed by atoms with Gasteiger partial charge in [0.2, 0.25) is 0 Å². The van der Waals surface area contributed by atoms with Crippen LogP contribution in [0.15, 0.2) is 35.1 Å². The SMILES string of the molecule is Cc1cc(O)cc(=O)n1-c1c(Cl)cccc1Cl. The lowest BCUT2D eigenvalue weighted by Gasteiger charge is -2.13. The van der Waals surface area contributed by atoms with Crippen molar-refractivity contribution in [3.05, 3.63) is 56.4 Å². The minimum Gasteiger partial charge on any atom is -0.508 e. The third kappa shape index (κ3) is 2.16. The summed E-state index contributed by atoms with van der Waals surface area (Å²) in [7, 11) is 0. The summed E-state index contributed by atoms with van der Waals surface area (Å²) in [4.78, 5) is 11.9. The van der Waals surface area contributed by atoms with Gasteiger partial charge in [0.25, 0.3) is 5.56 Å². The minimum atomic E-state index is -0.377. The van der Waals surface area contributed by atoms with Gasteiger partial charge in [-0.15, -0.1) is 0 Å². The maximum absolute atomic E-state index is 11.9. The first-order chi connectivity index (χ1) is 8.00. The molecule has 0 fully saturated rings. The highest BCUT2D eigenvalue weighted by atomic mass is 35.5. The van der Waals surface area contributed by atoms with Crippen molar-refractivity contribution in [3.8, 4) is 11.4 Å². The molecule has 1 heterocycles. The minimum absolute atomic E-state index is 0.0769. The van der Waals surface area contributed by atoms with Crippen LogP contribution < -0.4 is 5.56 Å². The van der Waals surface area contributed by atoms with Gasteiger partial charge in [-0.2, -0.15) is 0 Å². The van der Waals surface area contributed by atoms with E-state index in [9.17, 15) is 9.90 Å². The Morgan fingerprint density at radius 3 is 2.29 bits per heavy atom. The Kier molecular flexibility index (Phi) is 3.13. The van der Waals surface area contributed by atoms with E-state index in [1.54, 1.807) is 25.1 Å². The van der Waals surface area contributed by atoms with Crippen molar-refractivity contribution in [1.29, 1.82) is 0 Å². The average Bonchev–Trinajstić information content (AvgIpc) is 2.21. The average molecular weight is 270 g/mol. The fraction of sp³-hybridized carbons (Fsp3) is 0.0833. The molecule has 88 valence electrons. The summed E-state index contributed by atoms with van der Waals surface area (Å²) in [6, 6.07) is 7.60. The van der Waals surface area contributed by atoms with Crippen LogP contribution >= 0.6 is 23.2 Å². The van der Waals surface area contributed by atoms with Crippen molar-refractivity contribution in [2.45, 2.75) is 6.92 Å². The van der Waals surface area contributed by atoms with Crippen LogP contribution in [0.2, 0.25) is 10.0 Å². The molecular weight excluding hydrogens is 261 g/mol. The molecule has 0 saturated heterocycles. The predicted octanol–water partition coefficient (Wildman–Crippen LogP) is 3.16. The molecule has 0 amide bonds. The van der Waals surface area contributed by atoms with Crippen molar-refractivity contribution in [1.82, 2.24) is 4.57 Å². The maximum atomic E-state index is 11.9. The van der Waals surface area contributed by atoms with E-state index >= 15 is 0 Å². The predicted molar refractivity (Wildman–Crippen MR) is 68.5 cm³/mol. The number of aromatic hydroxyl groups is 1. The normalized spacial score (nSPS) is 10.5. The fourth-order valence-corrected chi connectivity index (χ4v) is 2.24. The molecule has 0 aliphatic carbocycles. The summed E-state index contributed by atoms with van der Waals surface area (Å²) in [6.45, 7) is 1.70. The number of para-hydroxylation sites is 1. The summed E-state index contributed by atoms with van der Waals surface area (Å²) in [6.07, 6.45) is 0. The van der Waals surface area contributed by atoms with Gasteiger partial charge in [0, 0.05) is 11.8 Å². The highest BCUT2D eigenvalue weighted by Crippen LogP contribution is 2.28. The smallest absolute Gasteiger partial charge is 0.259 e. The zero-order chi connectivity index (χ0) is 12.6. The first-order valence-electron chi connectivity index (χ1n) is 4.88. The molecule has 0 atom stereocenters. The maximum Gasteiger partial charge on any atom is 0.259 e. The van der Waals surface area contributed by atoms with Crippen molar-refractivity contribution in [3.63, 3.8) is 0 Å². The van der Waals surface area contributed by atoms with E-state index in [-0.39, 0.29) is 11.3 Å². The summed E-state index contributed by atoms with van der Waals surface area (Å²) in [5.74, 6) is -0.0769. The molecule has 0 saturated carbocycles. The number of halogens is 2. The van der Waals surface area contributed by atoms with Gasteiger partial charge in [-0.05, 0) is 25.1 Å². The molecular formula is C12H9Cl2NO2. The van der Waals surface area contributed by atoms with Crippen LogP contribution in [0, 0.1) is 6.92 Å². The van der Waals surface area contributed by atoms with Crippen LogP contribution in [0.25, 0.3) is 5.69 Å². The lowest BCUT2D eigenvalue weighted by atomic mass is 10.2. The Balaban J connectivity index is 2.82. The van der Waals surface area contributed by atoms with Crippen LogP contribution in [-0.2, 0) is 0 Å². The molecule has 0 radical (unpaired) electrons. The summed E-state index contributed by atoms with van der Waals surface area (Å²) >= 11 is 12.1. The number of hydrogen-bond donors (Lipinski definition) is 1. The van der Waals surface area contributed by atoms with Crippen LogP contribution in [0.1, 0.15) is 5.69 Å². The van der Waals surface area contributed by atoms with E-state index in [4.69, 9.17) is 23.2 Å². The second-order valence-corrected chi connectivity index (χ2v) is 4.41. The number of aromatic nitrogens is 1. The second-order valence-electron chi connectivity index (χ2n) is 3.60. The largest absolute Gasteiger partial charge is 0.508 e. The first kappa shape index (κ1) is 12.0. The lowest BCUT2D eigenvalue weighted by molar-refractivity contribution is 0.472. The first-order valence-corrected chi connectivity index (χ1v) is 5.63. The number of aryl methyl sites for hydroxylation is 1.